The van der Waals surface area contributed by atoms with Crippen molar-refractivity contribution >= 4 is 6.58 Å². The molecule has 0 radical (unpaired) electrons. The molecule has 0 nitrogen and oxygen atoms in total. The summed E-state index contributed by atoms with van der Waals surface area (Å²) in [6, 6.07) is 34.9. The minimum Gasteiger partial charge on any atom is -1.00 e. The first-order chi connectivity index (χ1) is 19.9. The van der Waals surface area contributed by atoms with Gasteiger partial charge in [-0.3, -0.25) is 0 Å². The van der Waals surface area contributed by atoms with Crippen LogP contribution in [-0.4, -0.2) is 3.26 Å². The van der Waals surface area contributed by atoms with Gasteiger partial charge in [-0.1, -0.05) is 0 Å². The van der Waals surface area contributed by atoms with E-state index >= 15 is 0 Å². The second-order valence-corrected chi connectivity index (χ2v) is 23.2. The van der Waals surface area contributed by atoms with Crippen molar-refractivity contribution in [3.05, 3.63) is 148 Å². The average molecular weight is 786 g/mol. The third kappa shape index (κ3) is 6.48. The van der Waals surface area contributed by atoms with Gasteiger partial charge < -0.3 is 24.8 Å². The fourth-order valence-electron chi connectivity index (χ4n) is 7.00. The fraction of sp³-hybridized carbons (Fsp3) is 0.293. The minimum atomic E-state index is -3.01. The summed E-state index contributed by atoms with van der Waals surface area (Å²) >= 11 is -3.01. The molecule has 1 atom stereocenters. The van der Waals surface area contributed by atoms with Crippen LogP contribution in [0.3, 0.4) is 0 Å². The Morgan fingerprint density at radius 3 is 1.75 bits per heavy atom. The van der Waals surface area contributed by atoms with Crippen molar-refractivity contribution in [1.29, 1.82) is 0 Å². The third-order valence-electron chi connectivity index (χ3n) is 9.10. The maximum Gasteiger partial charge on any atom is -1.00 e. The first-order valence-corrected chi connectivity index (χ1v) is 21.1. The van der Waals surface area contributed by atoms with Crippen molar-refractivity contribution in [3.63, 3.8) is 0 Å². The predicted molar refractivity (Wildman–Crippen MR) is 179 cm³/mol. The molecule has 0 aliphatic heterocycles. The van der Waals surface area contributed by atoms with E-state index in [1.165, 1.54) is 39.0 Å². The summed E-state index contributed by atoms with van der Waals surface area (Å²) < 4.78 is 3.88. The molecule has 0 aromatic heterocycles. The van der Waals surface area contributed by atoms with Crippen LogP contribution in [0.2, 0.25) is 3.67 Å². The molecule has 4 aromatic rings. The van der Waals surface area contributed by atoms with Crippen molar-refractivity contribution in [2.45, 2.75) is 76.3 Å². The fourth-order valence-corrected chi connectivity index (χ4v) is 21.7. The summed E-state index contributed by atoms with van der Waals surface area (Å²) in [6.45, 7) is 18.9. The van der Waals surface area contributed by atoms with E-state index in [2.05, 4.69) is 159 Å². The molecule has 4 aromatic carbocycles. The number of hydrogen-bond donors (Lipinski definition) is 0. The first-order valence-electron chi connectivity index (χ1n) is 15.5. The molecule has 0 amide bonds. The second-order valence-electron chi connectivity index (χ2n) is 14.4. The van der Waals surface area contributed by atoms with Gasteiger partial charge in [-0.15, -0.1) is 0 Å². The van der Waals surface area contributed by atoms with Gasteiger partial charge in [0.2, 0.25) is 0 Å². The van der Waals surface area contributed by atoms with Crippen molar-refractivity contribution in [2.75, 3.05) is 0 Å². The van der Waals surface area contributed by atoms with Gasteiger partial charge in [0, 0.05) is 0 Å². The van der Waals surface area contributed by atoms with Crippen molar-refractivity contribution < 1.29 is 45.8 Å². The van der Waals surface area contributed by atoms with E-state index in [0.717, 1.165) is 6.42 Å². The summed E-state index contributed by atoms with van der Waals surface area (Å²) in [7, 11) is 0. The van der Waals surface area contributed by atoms with Gasteiger partial charge in [-0.2, -0.15) is 0 Å². The smallest absolute Gasteiger partial charge is 1.00 e. The number of allylic oxidation sites excluding steroid dienone is 4. The van der Waals surface area contributed by atoms with Gasteiger partial charge >= 0.3 is 263 Å². The molecule has 6 rings (SSSR count). The quantitative estimate of drug-likeness (QED) is 0.242. The van der Waals surface area contributed by atoms with Gasteiger partial charge in [0.15, 0.2) is 0 Å². The Balaban J connectivity index is 0.00000221. The van der Waals surface area contributed by atoms with E-state index in [4.69, 9.17) is 0 Å². The predicted octanol–water partition coefficient (Wildman–Crippen LogP) is 4.07. The molecular weight excluding hydrogens is 742 g/mol. The van der Waals surface area contributed by atoms with E-state index in [0.29, 0.717) is 3.67 Å². The topological polar surface area (TPSA) is 0 Å². The zero-order valence-electron chi connectivity index (χ0n) is 27.4. The third-order valence-corrected chi connectivity index (χ3v) is 21.6. The van der Waals surface area contributed by atoms with Gasteiger partial charge in [-0.25, -0.2) is 0 Å². The second kappa shape index (κ2) is 13.2. The van der Waals surface area contributed by atoms with Gasteiger partial charge in [0.05, 0.1) is 0 Å². The summed E-state index contributed by atoms with van der Waals surface area (Å²) in [4.78, 5) is 0. The van der Waals surface area contributed by atoms with Crippen LogP contribution in [0.5, 0.6) is 0 Å². The van der Waals surface area contributed by atoms with E-state index in [1.807, 2.05) is 0 Å². The zero-order valence-corrected chi connectivity index (χ0v) is 32.5. The summed E-state index contributed by atoms with van der Waals surface area (Å²) in [6.07, 6.45) is 6.11. The van der Waals surface area contributed by atoms with Crippen molar-refractivity contribution in [3.8, 4) is 11.1 Å². The Labute approximate surface area is 285 Å². The van der Waals surface area contributed by atoms with Crippen LogP contribution in [0.25, 0.3) is 11.1 Å². The normalized spacial score (nSPS) is 15.1. The number of hydrogen-bond acceptors (Lipinski definition) is 0. The Kier molecular flexibility index (Phi) is 10.4. The number of halogens is 2. The molecule has 0 spiro atoms. The molecule has 0 fully saturated rings. The van der Waals surface area contributed by atoms with Crippen LogP contribution in [0.1, 0.15) is 88.8 Å². The Hall–Kier alpha value is -2.32. The molecule has 2 aliphatic rings. The summed E-state index contributed by atoms with van der Waals surface area (Å²) in [5, 5.41) is 0. The monoisotopic (exact) mass is 786 g/mol. The first kappa shape index (κ1) is 34.6. The Morgan fingerprint density at radius 1 is 0.682 bits per heavy atom. The van der Waals surface area contributed by atoms with E-state index in [-0.39, 0.29) is 35.6 Å². The van der Waals surface area contributed by atoms with E-state index in [9.17, 15) is 0 Å². The summed E-state index contributed by atoms with van der Waals surface area (Å²) in [5.41, 5.74) is 15.0. The van der Waals surface area contributed by atoms with Gasteiger partial charge in [0.1, 0.15) is 0 Å². The molecule has 0 heterocycles. The molecule has 226 valence electrons. The van der Waals surface area contributed by atoms with Crippen LogP contribution >= 0.6 is 0 Å². The van der Waals surface area contributed by atoms with Crippen LogP contribution in [-0.2, 0) is 38.2 Å². The average Bonchev–Trinajstić information content (AvgIpc) is 3.49. The maximum atomic E-state index is 2.62. The minimum absolute atomic E-state index is 0. The maximum absolute atomic E-state index is 3.01. The molecule has 0 saturated heterocycles. The molecule has 3 heteroatoms. The largest absolute Gasteiger partial charge is 1.00 e. The molecule has 2 aliphatic carbocycles. The van der Waals surface area contributed by atoms with Gasteiger partial charge in [0.25, 0.3) is 0 Å². The van der Waals surface area contributed by atoms with Crippen molar-refractivity contribution in [1.82, 2.24) is 0 Å². The Bertz CT molecular complexity index is 1720. The number of fused-ring (bicyclic) bond motifs is 3. The van der Waals surface area contributed by atoms with Crippen LogP contribution in [0.4, 0.5) is 0 Å². The SMILES string of the molecule is CC1=C[CH]([Hf+2](=[C](c2ccccc2)c2ccccc2)[c]2c(C(C)(C)C)ccc3c2Cc2cc(C(C)(C)C)ccc2-3)C(C)=C1.[Cl-].[Cl-]. The molecule has 44 heavy (non-hydrogen) atoms. The van der Waals surface area contributed by atoms with E-state index < -0.39 is 21.0 Å². The summed E-state index contributed by atoms with van der Waals surface area (Å²) in [5.74, 6) is 0. The van der Waals surface area contributed by atoms with Crippen LogP contribution < -0.4 is 28.1 Å². The standard InChI is InChI=1S/C21H25.C13H10.C7H9.2ClH.Hf/c1-20(2,3)16-7-9-18-14(12-16)11-15-13-17(21(4,5)6)8-10-19(15)18;1-3-7-12(8-4-1)11-13-9-5-2-6-10-13;1-6-3-4-7(2)5-6;;;/h7-10,12H,11H2,1-6H3;1-10H;3-5H,1-2H3;2*1H;/q;;;;;+2/p-2. The zero-order chi connectivity index (χ0) is 29.8. The van der Waals surface area contributed by atoms with Gasteiger partial charge in [-0.05, 0) is 0 Å². The molecule has 0 saturated carbocycles. The molecule has 1 unspecified atom stereocenters. The van der Waals surface area contributed by atoms with E-state index in [1.54, 1.807) is 23.3 Å². The molecule has 0 bridgehead atoms. The van der Waals surface area contributed by atoms with Crippen LogP contribution in [0.15, 0.2) is 114 Å². The molecule has 0 N–H and O–H groups in total. The number of benzene rings is 4. The van der Waals surface area contributed by atoms with Crippen LogP contribution in [0, 0.1) is 0 Å². The Morgan fingerprint density at radius 2 is 1.25 bits per heavy atom. The molecular formula is C41H44Cl2Hf. The van der Waals surface area contributed by atoms with Crippen molar-refractivity contribution in [2.24, 2.45) is 0 Å². The number of rotatable bonds is 4.